The molecular formula is C13H11BrF3NS. The number of rotatable bonds is 2. The summed E-state index contributed by atoms with van der Waals surface area (Å²) in [7, 11) is 0. The number of alkyl halides is 3. The van der Waals surface area contributed by atoms with E-state index in [4.69, 9.17) is 5.73 Å². The highest BCUT2D eigenvalue weighted by Gasteiger charge is 2.31. The van der Waals surface area contributed by atoms with Crippen molar-refractivity contribution >= 4 is 27.3 Å². The van der Waals surface area contributed by atoms with Crippen LogP contribution in [0.2, 0.25) is 0 Å². The summed E-state index contributed by atoms with van der Waals surface area (Å²) in [6, 6.07) is 5.13. The van der Waals surface area contributed by atoms with Crippen molar-refractivity contribution in [3.8, 4) is 0 Å². The maximum atomic E-state index is 12.6. The Kier molecular flexibility index (Phi) is 4.03. The van der Waals surface area contributed by atoms with E-state index in [2.05, 4.69) is 15.9 Å². The van der Waals surface area contributed by atoms with E-state index in [0.29, 0.717) is 11.1 Å². The summed E-state index contributed by atoms with van der Waals surface area (Å²) in [5.74, 6) is 0. The molecule has 1 unspecified atom stereocenters. The van der Waals surface area contributed by atoms with Crippen LogP contribution in [0.4, 0.5) is 13.2 Å². The number of hydrogen-bond acceptors (Lipinski definition) is 2. The van der Waals surface area contributed by atoms with Gasteiger partial charge in [0.25, 0.3) is 0 Å². The predicted molar refractivity (Wildman–Crippen MR) is 74.2 cm³/mol. The highest BCUT2D eigenvalue weighted by atomic mass is 79.9. The van der Waals surface area contributed by atoms with Crippen molar-refractivity contribution in [1.82, 2.24) is 0 Å². The molecule has 0 bridgehead atoms. The lowest BCUT2D eigenvalue weighted by Crippen LogP contribution is -2.14. The van der Waals surface area contributed by atoms with Gasteiger partial charge in [0.1, 0.15) is 0 Å². The first-order valence-corrected chi connectivity index (χ1v) is 7.13. The summed E-state index contributed by atoms with van der Waals surface area (Å²) in [6.07, 6.45) is -4.32. The minimum absolute atomic E-state index is 0.412. The number of hydrogen-bond donors (Lipinski definition) is 1. The largest absolute Gasteiger partial charge is 0.416 e. The van der Waals surface area contributed by atoms with Gasteiger partial charge in [0.2, 0.25) is 0 Å². The Balaban J connectivity index is 2.36. The van der Waals surface area contributed by atoms with Gasteiger partial charge in [-0.25, -0.2) is 0 Å². The summed E-state index contributed by atoms with van der Waals surface area (Å²) < 4.78 is 38.7. The van der Waals surface area contributed by atoms with E-state index in [0.717, 1.165) is 21.5 Å². The van der Waals surface area contributed by atoms with Crippen LogP contribution < -0.4 is 5.73 Å². The summed E-state index contributed by atoms with van der Waals surface area (Å²) in [6.45, 7) is 1.64. The lowest BCUT2D eigenvalue weighted by molar-refractivity contribution is -0.137. The maximum Gasteiger partial charge on any atom is 0.416 e. The van der Waals surface area contributed by atoms with Gasteiger partial charge in [-0.3, -0.25) is 0 Å². The van der Waals surface area contributed by atoms with Crippen molar-refractivity contribution in [2.24, 2.45) is 5.73 Å². The number of aryl methyl sites for hydroxylation is 1. The number of nitrogens with two attached hydrogens (primary N) is 1. The van der Waals surface area contributed by atoms with Crippen molar-refractivity contribution < 1.29 is 13.2 Å². The lowest BCUT2D eigenvalue weighted by atomic mass is 9.96. The number of thiophene rings is 1. The van der Waals surface area contributed by atoms with Crippen LogP contribution in [0.3, 0.4) is 0 Å². The van der Waals surface area contributed by atoms with Crippen LogP contribution in [0.25, 0.3) is 0 Å². The average Bonchev–Trinajstić information content (AvgIpc) is 2.73. The zero-order valence-corrected chi connectivity index (χ0v) is 12.4. The summed E-state index contributed by atoms with van der Waals surface area (Å²) in [5, 5.41) is 1.89. The molecule has 1 heterocycles. The second-order valence-electron chi connectivity index (χ2n) is 4.23. The van der Waals surface area contributed by atoms with E-state index in [9.17, 15) is 13.2 Å². The van der Waals surface area contributed by atoms with Crippen LogP contribution in [0.1, 0.15) is 28.3 Å². The molecule has 1 atom stereocenters. The third-order valence-electron chi connectivity index (χ3n) is 2.88. The highest BCUT2D eigenvalue weighted by molar-refractivity contribution is 9.11. The van der Waals surface area contributed by atoms with Crippen LogP contribution in [-0.4, -0.2) is 0 Å². The molecule has 2 N–H and O–H groups in total. The molecule has 2 rings (SSSR count). The molecule has 0 saturated carbocycles. The fraction of sp³-hybridized carbons (Fsp3) is 0.231. The number of benzene rings is 1. The maximum absolute atomic E-state index is 12.6. The van der Waals surface area contributed by atoms with E-state index < -0.39 is 17.8 Å². The van der Waals surface area contributed by atoms with Crippen LogP contribution in [-0.2, 0) is 6.18 Å². The molecule has 0 aliphatic heterocycles. The Morgan fingerprint density at radius 2 is 1.95 bits per heavy atom. The topological polar surface area (TPSA) is 26.0 Å². The molecule has 6 heteroatoms. The van der Waals surface area contributed by atoms with Gasteiger partial charge in [-0.1, -0.05) is 6.07 Å². The van der Waals surface area contributed by atoms with Gasteiger partial charge in [-0.15, -0.1) is 11.3 Å². The fourth-order valence-electron chi connectivity index (χ4n) is 1.87. The summed E-state index contributed by atoms with van der Waals surface area (Å²) in [4.78, 5) is 0. The first kappa shape index (κ1) is 14.6. The van der Waals surface area contributed by atoms with Gasteiger partial charge in [0, 0.05) is 0 Å². The minimum atomic E-state index is -4.32. The van der Waals surface area contributed by atoms with Crippen molar-refractivity contribution in [3.05, 3.63) is 55.7 Å². The van der Waals surface area contributed by atoms with Gasteiger partial charge in [-0.05, 0) is 63.1 Å². The fourth-order valence-corrected chi connectivity index (χ4v) is 3.08. The molecule has 0 saturated heterocycles. The van der Waals surface area contributed by atoms with Crippen LogP contribution >= 0.6 is 27.3 Å². The normalized spacial score (nSPS) is 13.6. The number of halogens is 4. The van der Waals surface area contributed by atoms with E-state index in [1.165, 1.54) is 17.4 Å². The molecule has 102 valence electrons. The van der Waals surface area contributed by atoms with Crippen LogP contribution in [0.15, 0.2) is 33.4 Å². The van der Waals surface area contributed by atoms with Gasteiger partial charge < -0.3 is 5.73 Å². The zero-order valence-electron chi connectivity index (χ0n) is 9.96. The third kappa shape index (κ3) is 3.19. The molecule has 0 fully saturated rings. The molecular weight excluding hydrogens is 339 g/mol. The highest BCUT2D eigenvalue weighted by Crippen LogP contribution is 2.33. The van der Waals surface area contributed by atoms with E-state index in [-0.39, 0.29) is 0 Å². The smallest absolute Gasteiger partial charge is 0.320 e. The third-order valence-corrected chi connectivity index (χ3v) is 4.40. The van der Waals surface area contributed by atoms with Crippen LogP contribution in [0, 0.1) is 6.92 Å². The van der Waals surface area contributed by atoms with Gasteiger partial charge >= 0.3 is 6.18 Å². The molecule has 0 amide bonds. The van der Waals surface area contributed by atoms with Gasteiger partial charge in [0.05, 0.1) is 15.4 Å². The molecule has 0 spiro atoms. The Labute approximate surface area is 121 Å². The van der Waals surface area contributed by atoms with Gasteiger partial charge in [-0.2, -0.15) is 13.2 Å². The quantitative estimate of drug-likeness (QED) is 0.820. The lowest BCUT2D eigenvalue weighted by Gasteiger charge is -2.16. The summed E-state index contributed by atoms with van der Waals surface area (Å²) in [5.41, 5.74) is 7.59. The molecule has 0 aliphatic rings. The van der Waals surface area contributed by atoms with E-state index in [1.54, 1.807) is 6.92 Å². The zero-order chi connectivity index (χ0) is 14.2. The molecule has 1 aromatic heterocycles. The molecule has 2 aromatic rings. The van der Waals surface area contributed by atoms with Crippen molar-refractivity contribution in [1.29, 1.82) is 0 Å². The second-order valence-corrected chi connectivity index (χ2v) is 6.52. The van der Waals surface area contributed by atoms with Crippen molar-refractivity contribution in [2.45, 2.75) is 19.1 Å². The van der Waals surface area contributed by atoms with E-state index >= 15 is 0 Å². The van der Waals surface area contributed by atoms with Crippen molar-refractivity contribution in [2.75, 3.05) is 0 Å². The monoisotopic (exact) mass is 349 g/mol. The Morgan fingerprint density at radius 1 is 1.26 bits per heavy atom. The first-order chi connectivity index (χ1) is 8.79. The molecule has 1 nitrogen and oxygen atoms in total. The minimum Gasteiger partial charge on any atom is -0.320 e. The second kappa shape index (κ2) is 5.26. The van der Waals surface area contributed by atoms with Crippen molar-refractivity contribution in [3.63, 3.8) is 0 Å². The Morgan fingerprint density at radius 3 is 2.42 bits per heavy atom. The molecule has 19 heavy (non-hydrogen) atoms. The molecule has 0 aliphatic carbocycles. The molecule has 0 radical (unpaired) electrons. The summed E-state index contributed by atoms with van der Waals surface area (Å²) >= 11 is 4.84. The molecule has 1 aromatic carbocycles. The van der Waals surface area contributed by atoms with E-state index in [1.807, 2.05) is 11.4 Å². The SMILES string of the molecule is Cc1cc(C(F)(F)F)ccc1C(N)c1csc(Br)c1. The standard InChI is InChI=1S/C13H11BrF3NS/c1-7-4-9(13(15,16)17)2-3-10(7)12(18)8-5-11(14)19-6-8/h2-6,12H,18H2,1H3. The van der Waals surface area contributed by atoms with Gasteiger partial charge in [0.15, 0.2) is 0 Å². The Bertz CT molecular complexity index is 592. The van der Waals surface area contributed by atoms with Crippen LogP contribution in [0.5, 0.6) is 0 Å². The average molecular weight is 350 g/mol. The Hall–Kier alpha value is -0.850. The predicted octanol–water partition coefficient (Wildman–Crippen LogP) is 4.89. The first-order valence-electron chi connectivity index (χ1n) is 5.46.